The van der Waals surface area contributed by atoms with E-state index < -0.39 is 0 Å². The highest BCUT2D eigenvalue weighted by Gasteiger charge is 2.01. The molecule has 1 rings (SSSR count). The summed E-state index contributed by atoms with van der Waals surface area (Å²) in [5.41, 5.74) is 5.53. The minimum Gasteiger partial charge on any atom is -0.499 e. The topological polar surface area (TPSA) is 46.2 Å². The second kappa shape index (κ2) is 2.37. The molecule has 3 heteroatoms. The first-order valence-corrected chi connectivity index (χ1v) is 3.56. The average Bonchev–Trinajstić information content (AvgIpc) is 2.14. The summed E-state index contributed by atoms with van der Waals surface area (Å²) >= 11 is 1.33. The molecule has 1 atom stereocenters. The zero-order valence-electron chi connectivity index (χ0n) is 5.16. The Morgan fingerprint density at radius 2 is 2.33 bits per heavy atom. The molecule has 9 heavy (non-hydrogen) atoms. The van der Waals surface area contributed by atoms with Gasteiger partial charge in [-0.15, -0.1) is 11.3 Å². The number of nitrogens with two attached hydrogens (primary N) is 1. The largest absolute Gasteiger partial charge is 0.499 e. The summed E-state index contributed by atoms with van der Waals surface area (Å²) < 4.78 is 0. The lowest BCUT2D eigenvalue weighted by Crippen LogP contribution is -2.01. The molecule has 0 spiro atoms. The maximum absolute atomic E-state index is 8.86. The molecule has 50 valence electrons. The van der Waals surface area contributed by atoms with Crippen LogP contribution in [0.3, 0.4) is 0 Å². The maximum atomic E-state index is 8.86. The van der Waals surface area contributed by atoms with Crippen molar-refractivity contribution in [1.29, 1.82) is 0 Å². The standard InChI is InChI=1S/C6H9NOS/c1-4(7)5-2-3-6(8)9-5/h2-4,8H,7H2,1H3/t4-/m0/s1. The van der Waals surface area contributed by atoms with Crippen molar-refractivity contribution in [2.45, 2.75) is 13.0 Å². The van der Waals surface area contributed by atoms with Crippen LogP contribution in [0, 0.1) is 0 Å². The predicted octanol–water partition coefficient (Wildman–Crippen LogP) is 1.47. The minimum absolute atomic E-state index is 0.0379. The first-order valence-electron chi connectivity index (χ1n) is 2.74. The molecule has 0 radical (unpaired) electrons. The average molecular weight is 143 g/mol. The lowest BCUT2D eigenvalue weighted by molar-refractivity contribution is 0.491. The van der Waals surface area contributed by atoms with Crippen molar-refractivity contribution in [2.24, 2.45) is 5.73 Å². The zero-order chi connectivity index (χ0) is 6.85. The monoisotopic (exact) mass is 143 g/mol. The normalized spacial score (nSPS) is 13.6. The molecule has 0 aliphatic rings. The van der Waals surface area contributed by atoms with Crippen molar-refractivity contribution in [3.05, 3.63) is 17.0 Å². The Morgan fingerprint density at radius 1 is 1.67 bits per heavy atom. The molecule has 3 N–H and O–H groups in total. The summed E-state index contributed by atoms with van der Waals surface area (Å²) in [5.74, 6) is 0. The van der Waals surface area contributed by atoms with E-state index in [4.69, 9.17) is 10.8 Å². The summed E-state index contributed by atoms with van der Waals surface area (Å²) in [6, 6.07) is 3.53. The molecule has 1 heterocycles. The van der Waals surface area contributed by atoms with Gasteiger partial charge < -0.3 is 10.8 Å². The van der Waals surface area contributed by atoms with Crippen molar-refractivity contribution in [2.75, 3.05) is 0 Å². The zero-order valence-corrected chi connectivity index (χ0v) is 5.98. The Bertz CT molecular complexity index is 195. The smallest absolute Gasteiger partial charge is 0.171 e. The van der Waals surface area contributed by atoms with Crippen LogP contribution < -0.4 is 5.73 Å². The summed E-state index contributed by atoms with van der Waals surface area (Å²) in [6.45, 7) is 1.89. The molecule has 0 unspecified atom stereocenters. The molecule has 0 saturated carbocycles. The lowest BCUT2D eigenvalue weighted by Gasteiger charge is -1.96. The van der Waals surface area contributed by atoms with E-state index in [1.165, 1.54) is 11.3 Å². The second-order valence-corrected chi connectivity index (χ2v) is 3.06. The highest BCUT2D eigenvalue weighted by Crippen LogP contribution is 2.25. The van der Waals surface area contributed by atoms with Crippen LogP contribution in [0.5, 0.6) is 5.06 Å². The first kappa shape index (κ1) is 6.58. The third kappa shape index (κ3) is 1.43. The van der Waals surface area contributed by atoms with Crippen LogP contribution in [0.4, 0.5) is 0 Å². The van der Waals surface area contributed by atoms with E-state index in [1.54, 1.807) is 6.07 Å². The Labute approximate surface area is 57.9 Å². The van der Waals surface area contributed by atoms with Crippen molar-refractivity contribution >= 4 is 11.3 Å². The number of hydrogen-bond donors (Lipinski definition) is 2. The molecule has 0 saturated heterocycles. The number of rotatable bonds is 1. The van der Waals surface area contributed by atoms with Gasteiger partial charge >= 0.3 is 0 Å². The Balaban J connectivity index is 2.85. The van der Waals surface area contributed by atoms with Crippen molar-refractivity contribution in [1.82, 2.24) is 0 Å². The molecule has 0 aliphatic heterocycles. The fourth-order valence-electron chi connectivity index (χ4n) is 0.587. The SMILES string of the molecule is C[C@H](N)c1ccc(O)s1. The van der Waals surface area contributed by atoms with Crippen molar-refractivity contribution < 1.29 is 5.11 Å². The maximum Gasteiger partial charge on any atom is 0.171 e. The van der Waals surface area contributed by atoms with E-state index in [2.05, 4.69) is 0 Å². The van der Waals surface area contributed by atoms with Gasteiger partial charge in [-0.2, -0.15) is 0 Å². The van der Waals surface area contributed by atoms with Crippen molar-refractivity contribution in [3.8, 4) is 5.06 Å². The second-order valence-electron chi connectivity index (χ2n) is 1.96. The van der Waals surface area contributed by atoms with E-state index in [0.29, 0.717) is 5.06 Å². The highest BCUT2D eigenvalue weighted by atomic mass is 32.1. The van der Waals surface area contributed by atoms with Crippen LogP contribution in [-0.4, -0.2) is 5.11 Å². The third-order valence-corrected chi connectivity index (χ3v) is 2.15. The van der Waals surface area contributed by atoms with E-state index in [-0.39, 0.29) is 6.04 Å². The number of thiophene rings is 1. The van der Waals surface area contributed by atoms with Crippen LogP contribution in [0.25, 0.3) is 0 Å². The van der Waals surface area contributed by atoms with Gasteiger partial charge in [-0.1, -0.05) is 0 Å². The summed E-state index contributed by atoms with van der Waals surface area (Å²) in [6.07, 6.45) is 0. The number of hydrogen-bond acceptors (Lipinski definition) is 3. The van der Waals surface area contributed by atoms with Crippen molar-refractivity contribution in [3.63, 3.8) is 0 Å². The molecule has 0 fully saturated rings. The molecule has 0 aromatic carbocycles. The van der Waals surface area contributed by atoms with Gasteiger partial charge in [0.15, 0.2) is 5.06 Å². The summed E-state index contributed by atoms with van der Waals surface area (Å²) in [7, 11) is 0. The lowest BCUT2D eigenvalue weighted by atomic mass is 10.3. The van der Waals surface area contributed by atoms with Crippen LogP contribution in [-0.2, 0) is 0 Å². The van der Waals surface area contributed by atoms with Crippen LogP contribution in [0.1, 0.15) is 17.8 Å². The first-order chi connectivity index (χ1) is 4.20. The fraction of sp³-hybridized carbons (Fsp3) is 0.333. The molecular weight excluding hydrogens is 134 g/mol. The quantitative estimate of drug-likeness (QED) is 0.625. The summed E-state index contributed by atoms with van der Waals surface area (Å²) in [4.78, 5) is 1.02. The van der Waals surface area contributed by atoms with E-state index in [1.807, 2.05) is 13.0 Å². The predicted molar refractivity (Wildman–Crippen MR) is 38.6 cm³/mol. The van der Waals surface area contributed by atoms with Gasteiger partial charge in [0.05, 0.1) is 0 Å². The van der Waals surface area contributed by atoms with E-state index in [0.717, 1.165) is 4.88 Å². The van der Waals surface area contributed by atoms with Gasteiger partial charge in [-0.3, -0.25) is 0 Å². The van der Waals surface area contributed by atoms with E-state index in [9.17, 15) is 0 Å². The van der Waals surface area contributed by atoms with Gasteiger partial charge in [-0.25, -0.2) is 0 Å². The van der Waals surface area contributed by atoms with Gasteiger partial charge in [0.1, 0.15) is 0 Å². The van der Waals surface area contributed by atoms with Crippen LogP contribution in [0.2, 0.25) is 0 Å². The Morgan fingerprint density at radius 3 is 2.56 bits per heavy atom. The molecule has 0 aliphatic carbocycles. The molecule has 1 aromatic heterocycles. The van der Waals surface area contributed by atoms with Crippen LogP contribution >= 0.6 is 11.3 Å². The molecule has 0 bridgehead atoms. The number of aromatic hydroxyl groups is 1. The van der Waals surface area contributed by atoms with Gasteiger partial charge in [0, 0.05) is 10.9 Å². The summed E-state index contributed by atoms with van der Waals surface area (Å²) in [5, 5.41) is 9.20. The molecular formula is C6H9NOS. The molecule has 0 amide bonds. The molecule has 1 aromatic rings. The Hall–Kier alpha value is -0.540. The minimum atomic E-state index is 0.0379. The third-order valence-electron chi connectivity index (χ3n) is 1.06. The van der Waals surface area contributed by atoms with Gasteiger partial charge in [-0.05, 0) is 19.1 Å². The van der Waals surface area contributed by atoms with E-state index >= 15 is 0 Å². The molecule has 2 nitrogen and oxygen atoms in total. The van der Waals surface area contributed by atoms with Gasteiger partial charge in [0.25, 0.3) is 0 Å². The highest BCUT2D eigenvalue weighted by molar-refractivity contribution is 7.13. The fourth-order valence-corrected chi connectivity index (χ4v) is 1.29. The Kier molecular flexibility index (Phi) is 1.73. The van der Waals surface area contributed by atoms with Crippen LogP contribution in [0.15, 0.2) is 12.1 Å². The van der Waals surface area contributed by atoms with Gasteiger partial charge in [0.2, 0.25) is 0 Å².